The predicted molar refractivity (Wildman–Crippen MR) is 112 cm³/mol. The molecule has 2 aliphatic rings. The minimum Gasteiger partial charge on any atom is -0.368 e. The van der Waals surface area contributed by atoms with Gasteiger partial charge in [-0.2, -0.15) is 5.10 Å². The van der Waals surface area contributed by atoms with E-state index in [4.69, 9.17) is 21.6 Å². The van der Waals surface area contributed by atoms with Gasteiger partial charge in [-0.1, -0.05) is 24.1 Å². The Hall–Kier alpha value is -2.67. The van der Waals surface area contributed by atoms with Crippen molar-refractivity contribution in [2.45, 2.75) is 38.0 Å². The van der Waals surface area contributed by atoms with Gasteiger partial charge in [-0.15, -0.1) is 0 Å². The van der Waals surface area contributed by atoms with Crippen molar-refractivity contribution in [1.29, 1.82) is 0 Å². The molecule has 1 amide bonds. The van der Waals surface area contributed by atoms with Crippen molar-refractivity contribution in [2.24, 2.45) is 5.92 Å². The van der Waals surface area contributed by atoms with Crippen LogP contribution in [-0.2, 0) is 4.79 Å². The summed E-state index contributed by atoms with van der Waals surface area (Å²) in [6, 6.07) is 7.57. The minimum absolute atomic E-state index is 0.165. The van der Waals surface area contributed by atoms with E-state index in [1.165, 1.54) is 0 Å². The Balaban J connectivity index is 1.38. The van der Waals surface area contributed by atoms with Crippen LogP contribution in [0.1, 0.15) is 43.8 Å². The average Bonchev–Trinajstić information content (AvgIpc) is 3.43. The molecule has 2 N–H and O–H groups in total. The third-order valence-corrected chi connectivity index (χ3v) is 5.87. The van der Waals surface area contributed by atoms with Crippen molar-refractivity contribution < 1.29 is 4.79 Å². The van der Waals surface area contributed by atoms with Gasteiger partial charge < -0.3 is 10.6 Å². The van der Waals surface area contributed by atoms with Gasteiger partial charge >= 0.3 is 0 Å². The van der Waals surface area contributed by atoms with E-state index in [1.54, 1.807) is 10.9 Å². The van der Waals surface area contributed by atoms with E-state index in [2.05, 4.69) is 15.7 Å². The zero-order valence-electron chi connectivity index (χ0n) is 16.1. The summed E-state index contributed by atoms with van der Waals surface area (Å²) < 4.78 is 1.80. The molecule has 2 saturated carbocycles. The first-order valence-corrected chi connectivity index (χ1v) is 10.6. The van der Waals surface area contributed by atoms with Crippen molar-refractivity contribution in [1.82, 2.24) is 25.1 Å². The third-order valence-electron chi connectivity index (χ3n) is 5.63. The molecule has 0 spiro atoms. The summed E-state index contributed by atoms with van der Waals surface area (Å²) in [5.41, 5.74) is 1.64. The summed E-state index contributed by atoms with van der Waals surface area (Å²) in [5.74, 6) is 2.41. The number of rotatable bonds is 7. The zero-order chi connectivity index (χ0) is 19.8. The van der Waals surface area contributed by atoms with Gasteiger partial charge in [0.25, 0.3) is 0 Å². The number of aromatic nitrogens is 4. The maximum Gasteiger partial charge on any atom is 0.223 e. The molecule has 2 heterocycles. The van der Waals surface area contributed by atoms with Crippen molar-refractivity contribution in [3.05, 3.63) is 41.3 Å². The summed E-state index contributed by atoms with van der Waals surface area (Å²) in [5, 5.41) is 12.4. The maximum absolute atomic E-state index is 12.0. The average molecular weight is 411 g/mol. The van der Waals surface area contributed by atoms with Crippen LogP contribution in [0, 0.1) is 5.92 Å². The minimum atomic E-state index is 0.165. The second-order valence-corrected chi connectivity index (χ2v) is 8.26. The van der Waals surface area contributed by atoms with Crippen LogP contribution >= 0.6 is 11.6 Å². The van der Waals surface area contributed by atoms with E-state index in [0.717, 1.165) is 60.5 Å². The summed E-state index contributed by atoms with van der Waals surface area (Å²) in [6.45, 7) is 1.18. The summed E-state index contributed by atoms with van der Waals surface area (Å²) >= 11 is 6.16. The normalized spacial score (nSPS) is 16.6. The predicted octanol–water partition coefficient (Wildman–Crippen LogP) is 3.67. The summed E-state index contributed by atoms with van der Waals surface area (Å²) in [7, 11) is 0. The number of carbonyl (C=O) groups is 1. The number of amides is 1. The highest BCUT2D eigenvalue weighted by molar-refractivity contribution is 6.30. The number of hydrogen-bond donors (Lipinski definition) is 2. The van der Waals surface area contributed by atoms with Gasteiger partial charge in [0.1, 0.15) is 11.6 Å². The smallest absolute Gasteiger partial charge is 0.223 e. The highest BCUT2D eigenvalue weighted by atomic mass is 35.5. The fraction of sp³-hybridized carbons (Fsp3) is 0.429. The van der Waals surface area contributed by atoms with Crippen molar-refractivity contribution in [2.75, 3.05) is 18.4 Å². The first kappa shape index (κ1) is 18.4. The Morgan fingerprint density at radius 1 is 1.17 bits per heavy atom. The molecule has 150 valence electrons. The van der Waals surface area contributed by atoms with Gasteiger partial charge in [-0.25, -0.2) is 14.6 Å². The lowest BCUT2D eigenvalue weighted by Crippen LogP contribution is -2.37. The van der Waals surface area contributed by atoms with Crippen LogP contribution in [-0.4, -0.2) is 38.7 Å². The topological polar surface area (TPSA) is 84.7 Å². The molecular weight excluding hydrogens is 388 g/mol. The first-order chi connectivity index (χ1) is 14.2. The van der Waals surface area contributed by atoms with Gasteiger partial charge in [-0.3, -0.25) is 4.79 Å². The van der Waals surface area contributed by atoms with Gasteiger partial charge in [0, 0.05) is 29.9 Å². The second-order valence-electron chi connectivity index (χ2n) is 7.82. The SMILES string of the molecule is O=C(NCCNc1nc(C2CC2)nc2c1cnn2-c1cccc(Cl)c1)C1CCC1. The molecule has 0 aliphatic heterocycles. The van der Waals surface area contributed by atoms with Crippen LogP contribution < -0.4 is 10.6 Å². The lowest BCUT2D eigenvalue weighted by Gasteiger charge is -2.24. The first-order valence-electron chi connectivity index (χ1n) is 10.2. The Morgan fingerprint density at radius 3 is 2.76 bits per heavy atom. The van der Waals surface area contributed by atoms with Crippen molar-refractivity contribution >= 4 is 34.4 Å². The molecule has 1 aromatic carbocycles. The van der Waals surface area contributed by atoms with Crippen LogP contribution in [0.4, 0.5) is 5.82 Å². The van der Waals surface area contributed by atoms with Gasteiger partial charge in [0.15, 0.2) is 5.65 Å². The monoisotopic (exact) mass is 410 g/mol. The summed E-state index contributed by atoms with van der Waals surface area (Å²) in [6.07, 6.45) is 7.21. The van der Waals surface area contributed by atoms with Crippen LogP contribution in [0.25, 0.3) is 16.7 Å². The van der Waals surface area contributed by atoms with Crippen molar-refractivity contribution in [3.63, 3.8) is 0 Å². The standard InChI is InChI=1S/C21H23ClN6O/c22-15-5-2-6-16(11-15)28-20-17(12-25-28)19(26-18(27-20)13-7-8-13)23-9-10-24-21(29)14-3-1-4-14/h2,5-6,11-14H,1,3-4,7-10H2,(H,24,29)(H,23,26,27). The molecule has 8 heteroatoms. The van der Waals surface area contributed by atoms with E-state index >= 15 is 0 Å². The summed E-state index contributed by atoms with van der Waals surface area (Å²) in [4.78, 5) is 21.6. The lowest BCUT2D eigenvalue weighted by molar-refractivity contribution is -0.127. The largest absolute Gasteiger partial charge is 0.368 e. The quantitative estimate of drug-likeness (QED) is 0.580. The molecule has 2 fully saturated rings. The molecule has 3 aromatic rings. The number of fused-ring (bicyclic) bond motifs is 1. The number of benzene rings is 1. The van der Waals surface area contributed by atoms with E-state index in [0.29, 0.717) is 24.0 Å². The second kappa shape index (κ2) is 7.63. The van der Waals surface area contributed by atoms with E-state index in [1.807, 2.05) is 24.3 Å². The molecule has 0 saturated heterocycles. The molecule has 0 unspecified atom stereocenters. The molecule has 0 radical (unpaired) electrons. The van der Waals surface area contributed by atoms with Gasteiger partial charge in [-0.05, 0) is 43.9 Å². The van der Waals surface area contributed by atoms with Crippen molar-refractivity contribution in [3.8, 4) is 5.69 Å². The molecule has 7 nitrogen and oxygen atoms in total. The third kappa shape index (κ3) is 3.79. The molecule has 2 aromatic heterocycles. The number of hydrogen-bond acceptors (Lipinski definition) is 5. The van der Waals surface area contributed by atoms with Gasteiger partial charge in [0.05, 0.1) is 17.3 Å². The number of anilines is 1. The van der Waals surface area contributed by atoms with Gasteiger partial charge in [0.2, 0.25) is 5.91 Å². The van der Waals surface area contributed by atoms with E-state index in [-0.39, 0.29) is 11.8 Å². The molecule has 29 heavy (non-hydrogen) atoms. The van der Waals surface area contributed by atoms with E-state index in [9.17, 15) is 4.79 Å². The van der Waals surface area contributed by atoms with Crippen LogP contribution in [0.5, 0.6) is 0 Å². The fourth-order valence-electron chi connectivity index (χ4n) is 3.56. The molecular formula is C21H23ClN6O. The Morgan fingerprint density at radius 2 is 2.03 bits per heavy atom. The van der Waals surface area contributed by atoms with Crippen LogP contribution in [0.15, 0.2) is 30.5 Å². The Kier molecular flexibility index (Phi) is 4.83. The number of halogens is 1. The fourth-order valence-corrected chi connectivity index (χ4v) is 3.75. The molecule has 5 rings (SSSR count). The maximum atomic E-state index is 12.0. The number of nitrogens with one attached hydrogen (secondary N) is 2. The Bertz CT molecular complexity index is 1060. The molecule has 0 bridgehead atoms. The molecule has 2 aliphatic carbocycles. The lowest BCUT2D eigenvalue weighted by atomic mass is 9.85. The van der Waals surface area contributed by atoms with Crippen LogP contribution in [0.2, 0.25) is 5.02 Å². The number of nitrogens with zero attached hydrogens (tertiary/aromatic N) is 4. The Labute approximate surface area is 173 Å². The highest BCUT2D eigenvalue weighted by Gasteiger charge is 2.28. The highest BCUT2D eigenvalue weighted by Crippen LogP contribution is 2.39. The number of carbonyl (C=O) groups excluding carboxylic acids is 1. The van der Waals surface area contributed by atoms with Crippen LogP contribution in [0.3, 0.4) is 0 Å². The zero-order valence-corrected chi connectivity index (χ0v) is 16.8. The molecule has 0 atom stereocenters. The van der Waals surface area contributed by atoms with E-state index < -0.39 is 0 Å².